The van der Waals surface area contributed by atoms with Crippen LogP contribution in [-0.4, -0.2) is 15.0 Å². The van der Waals surface area contributed by atoms with E-state index < -0.39 is 5.41 Å². The third-order valence-corrected chi connectivity index (χ3v) is 14.4. The van der Waals surface area contributed by atoms with Gasteiger partial charge in [-0.25, -0.2) is 15.0 Å². The minimum atomic E-state index is -0.548. The van der Waals surface area contributed by atoms with Crippen LogP contribution in [0.2, 0.25) is 0 Å². The van der Waals surface area contributed by atoms with Crippen LogP contribution < -0.4 is 0 Å². The van der Waals surface area contributed by atoms with Crippen molar-refractivity contribution in [1.29, 1.82) is 0 Å². The quantitative estimate of drug-likeness (QED) is 0.162. The van der Waals surface area contributed by atoms with E-state index in [1.807, 2.05) is 36.0 Å². The standard InChI is InChI=1S/C60H37N3S/c1-4-17-39(18-5-1)54-37-55(63-59(62-54)42-21-8-3-9-22-42)40-33-31-38(32-34-40)43-26-16-29-51-58(43)64-56-36-48-47(46-25-12-15-30-53(46)61-57(48)41-19-6-2-7-20-41)35-52(56)60(51)49-27-13-10-23-44(49)45-24-11-14-28-50(45)60/h1-37H. The van der Waals surface area contributed by atoms with E-state index in [2.05, 4.69) is 200 Å². The highest BCUT2D eigenvalue weighted by Gasteiger charge is 2.50. The van der Waals surface area contributed by atoms with Crippen molar-refractivity contribution < 1.29 is 0 Å². The average molecular weight is 832 g/mol. The van der Waals surface area contributed by atoms with Gasteiger partial charge < -0.3 is 0 Å². The van der Waals surface area contributed by atoms with Crippen LogP contribution >= 0.6 is 11.8 Å². The minimum absolute atomic E-state index is 0.548. The second-order valence-electron chi connectivity index (χ2n) is 16.6. The first-order chi connectivity index (χ1) is 31.7. The lowest BCUT2D eigenvalue weighted by Gasteiger charge is -2.40. The summed E-state index contributed by atoms with van der Waals surface area (Å²) < 4.78 is 0. The van der Waals surface area contributed by atoms with Gasteiger partial charge in [0.1, 0.15) is 0 Å². The number of hydrogen-bond donors (Lipinski definition) is 0. The molecule has 0 unspecified atom stereocenters. The average Bonchev–Trinajstić information content (AvgIpc) is 3.67. The Morgan fingerprint density at radius 1 is 0.328 bits per heavy atom. The molecule has 13 rings (SSSR count). The summed E-state index contributed by atoms with van der Waals surface area (Å²) in [5.41, 5.74) is 17.6. The largest absolute Gasteiger partial charge is 0.247 e. The topological polar surface area (TPSA) is 38.7 Å². The molecule has 3 heterocycles. The van der Waals surface area contributed by atoms with E-state index in [1.54, 1.807) is 0 Å². The summed E-state index contributed by atoms with van der Waals surface area (Å²) in [5.74, 6) is 0.710. The fourth-order valence-corrected chi connectivity index (χ4v) is 11.6. The van der Waals surface area contributed by atoms with E-state index in [-0.39, 0.29) is 0 Å². The Bertz CT molecular complexity index is 3520. The summed E-state index contributed by atoms with van der Waals surface area (Å²) in [6.45, 7) is 0. The molecule has 0 radical (unpaired) electrons. The van der Waals surface area contributed by atoms with E-state index in [9.17, 15) is 0 Å². The first-order valence-corrected chi connectivity index (χ1v) is 22.6. The van der Waals surface area contributed by atoms with Gasteiger partial charge in [-0.3, -0.25) is 0 Å². The van der Waals surface area contributed by atoms with Crippen molar-refractivity contribution in [2.75, 3.05) is 0 Å². The number of fused-ring (bicyclic) bond motifs is 12. The van der Waals surface area contributed by atoms with Crippen LogP contribution in [0.1, 0.15) is 22.3 Å². The zero-order valence-electron chi connectivity index (χ0n) is 34.6. The Labute approximate surface area is 375 Å². The van der Waals surface area contributed by atoms with Gasteiger partial charge in [0.2, 0.25) is 0 Å². The molecule has 2 aliphatic rings. The van der Waals surface area contributed by atoms with Crippen molar-refractivity contribution in [3.05, 3.63) is 247 Å². The third kappa shape index (κ3) is 5.59. The summed E-state index contributed by atoms with van der Waals surface area (Å²) in [7, 11) is 0. The van der Waals surface area contributed by atoms with Crippen LogP contribution in [0.3, 0.4) is 0 Å². The van der Waals surface area contributed by atoms with Gasteiger partial charge in [-0.15, -0.1) is 0 Å². The maximum atomic E-state index is 5.35. The number of benzene rings is 9. The third-order valence-electron chi connectivity index (χ3n) is 13.2. The Hall–Kier alpha value is -7.92. The van der Waals surface area contributed by atoms with Gasteiger partial charge in [0.25, 0.3) is 0 Å². The van der Waals surface area contributed by atoms with Crippen LogP contribution in [0.15, 0.2) is 234 Å². The molecular weight excluding hydrogens is 795 g/mol. The number of hydrogen-bond acceptors (Lipinski definition) is 4. The van der Waals surface area contributed by atoms with Gasteiger partial charge in [0, 0.05) is 42.8 Å². The van der Waals surface area contributed by atoms with Crippen molar-refractivity contribution in [2.24, 2.45) is 0 Å². The molecule has 1 aliphatic carbocycles. The normalized spacial score (nSPS) is 13.1. The summed E-state index contributed by atoms with van der Waals surface area (Å²) in [6.07, 6.45) is 0. The molecule has 3 nitrogen and oxygen atoms in total. The summed E-state index contributed by atoms with van der Waals surface area (Å²) >= 11 is 1.89. The molecule has 0 fully saturated rings. The Balaban J connectivity index is 1.03. The molecule has 11 aromatic rings. The molecule has 0 N–H and O–H groups in total. The van der Waals surface area contributed by atoms with Gasteiger partial charge >= 0.3 is 0 Å². The van der Waals surface area contributed by atoms with Crippen molar-refractivity contribution in [3.63, 3.8) is 0 Å². The highest BCUT2D eigenvalue weighted by Crippen LogP contribution is 2.64. The molecule has 64 heavy (non-hydrogen) atoms. The van der Waals surface area contributed by atoms with E-state index in [4.69, 9.17) is 15.0 Å². The fraction of sp³-hybridized carbons (Fsp3) is 0.0167. The van der Waals surface area contributed by atoms with Crippen LogP contribution in [-0.2, 0) is 5.41 Å². The van der Waals surface area contributed by atoms with Crippen LogP contribution in [0.5, 0.6) is 0 Å². The molecule has 4 heteroatoms. The molecule has 298 valence electrons. The van der Waals surface area contributed by atoms with Gasteiger partial charge in [-0.05, 0) is 74.2 Å². The SMILES string of the molecule is c1ccc(-c2cc(-c3ccc(-c4cccc5c4Sc4cc6c(-c7ccccc7)nc7ccccc7c6cc4C54c5ccccc5-c5ccccc54)cc3)nc(-c3ccccc3)n2)cc1. The lowest BCUT2D eigenvalue weighted by molar-refractivity contribution is 0.725. The van der Waals surface area contributed by atoms with Gasteiger partial charge in [-0.2, -0.15) is 0 Å². The lowest BCUT2D eigenvalue weighted by atomic mass is 9.66. The Morgan fingerprint density at radius 2 is 0.859 bits per heavy atom. The first kappa shape index (κ1) is 36.7. The Morgan fingerprint density at radius 3 is 1.55 bits per heavy atom. The smallest absolute Gasteiger partial charge is 0.160 e. The molecule has 1 aliphatic heterocycles. The summed E-state index contributed by atoms with van der Waals surface area (Å²) in [6, 6.07) is 80.9. The lowest BCUT2D eigenvalue weighted by Crippen LogP contribution is -2.32. The van der Waals surface area contributed by atoms with Crippen molar-refractivity contribution in [3.8, 4) is 67.4 Å². The highest BCUT2D eigenvalue weighted by atomic mass is 32.2. The Kier molecular flexibility index (Phi) is 8.37. The van der Waals surface area contributed by atoms with E-state index >= 15 is 0 Å². The summed E-state index contributed by atoms with van der Waals surface area (Å²) in [4.78, 5) is 18.0. The molecular formula is C60H37N3S. The predicted molar refractivity (Wildman–Crippen MR) is 263 cm³/mol. The summed E-state index contributed by atoms with van der Waals surface area (Å²) in [5, 5.41) is 3.54. The van der Waals surface area contributed by atoms with Gasteiger partial charge in [0.05, 0.1) is 28.0 Å². The van der Waals surface area contributed by atoms with Gasteiger partial charge in [0.15, 0.2) is 5.82 Å². The zero-order valence-corrected chi connectivity index (χ0v) is 35.4. The van der Waals surface area contributed by atoms with E-state index in [0.29, 0.717) is 5.82 Å². The fourth-order valence-electron chi connectivity index (χ4n) is 10.3. The van der Waals surface area contributed by atoms with Crippen molar-refractivity contribution >= 4 is 33.4 Å². The monoisotopic (exact) mass is 831 g/mol. The molecule has 1 spiro atoms. The second kappa shape index (κ2) is 14.6. The molecule has 0 saturated heterocycles. The van der Waals surface area contributed by atoms with Crippen molar-refractivity contribution in [1.82, 2.24) is 15.0 Å². The number of aromatic nitrogens is 3. The second-order valence-corrected chi connectivity index (χ2v) is 17.7. The maximum Gasteiger partial charge on any atom is 0.160 e. The number of rotatable bonds is 5. The number of nitrogens with zero attached hydrogens (tertiary/aromatic N) is 3. The number of pyridine rings is 1. The van der Waals surface area contributed by atoms with Crippen LogP contribution in [0, 0.1) is 0 Å². The molecule has 0 bridgehead atoms. The van der Waals surface area contributed by atoms with E-state index in [1.165, 1.54) is 54.1 Å². The predicted octanol–water partition coefficient (Wildman–Crippen LogP) is 15.3. The molecule has 0 atom stereocenters. The van der Waals surface area contributed by atoms with Crippen LogP contribution in [0.25, 0.3) is 89.1 Å². The van der Waals surface area contributed by atoms with E-state index in [0.717, 1.165) is 61.2 Å². The first-order valence-electron chi connectivity index (χ1n) is 21.8. The molecule has 0 saturated carbocycles. The number of para-hydroxylation sites is 1. The minimum Gasteiger partial charge on any atom is -0.247 e. The van der Waals surface area contributed by atoms with Gasteiger partial charge in [-0.1, -0.05) is 212 Å². The molecule has 2 aromatic heterocycles. The maximum absolute atomic E-state index is 5.35. The zero-order chi connectivity index (χ0) is 42.2. The molecule has 9 aromatic carbocycles. The van der Waals surface area contributed by atoms with Crippen molar-refractivity contribution in [2.45, 2.75) is 15.2 Å². The molecule has 0 amide bonds. The highest BCUT2D eigenvalue weighted by molar-refractivity contribution is 7.99. The van der Waals surface area contributed by atoms with Crippen LogP contribution in [0.4, 0.5) is 0 Å².